The Labute approximate surface area is 190 Å². The quantitative estimate of drug-likeness (QED) is 0.643. The Bertz CT molecular complexity index is 1050. The Kier molecular flexibility index (Phi) is 7.78. The largest absolute Gasteiger partial charge is 0.411 e. The lowest BCUT2D eigenvalue weighted by atomic mass is 10.1. The van der Waals surface area contributed by atoms with Crippen molar-refractivity contribution < 1.29 is 35.9 Å². The molecule has 0 aliphatic carbocycles. The predicted molar refractivity (Wildman–Crippen MR) is 115 cm³/mol. The average Bonchev–Trinajstić information content (AvgIpc) is 2.73. The van der Waals surface area contributed by atoms with E-state index in [9.17, 15) is 26.4 Å². The van der Waals surface area contributed by atoms with Gasteiger partial charge in [-0.25, -0.2) is 8.42 Å². The van der Waals surface area contributed by atoms with Gasteiger partial charge in [-0.2, -0.15) is 17.5 Å². The molecule has 2 aromatic rings. The van der Waals surface area contributed by atoms with E-state index in [4.69, 9.17) is 4.74 Å². The number of carbonyl (C=O) groups excluding carboxylic acids is 1. The zero-order valence-electron chi connectivity index (χ0n) is 18.1. The maximum absolute atomic E-state index is 12.9. The lowest BCUT2D eigenvalue weighted by molar-refractivity contribution is -0.176. The summed E-state index contributed by atoms with van der Waals surface area (Å²) in [7, 11) is -3.69. The van der Waals surface area contributed by atoms with Crippen molar-refractivity contribution in [3.05, 3.63) is 59.7 Å². The maximum atomic E-state index is 12.9. The van der Waals surface area contributed by atoms with Gasteiger partial charge in [0.1, 0.15) is 6.61 Å². The van der Waals surface area contributed by atoms with Crippen molar-refractivity contribution in [2.24, 2.45) is 0 Å². The molecule has 33 heavy (non-hydrogen) atoms. The summed E-state index contributed by atoms with van der Waals surface area (Å²) in [5.41, 5.74) is 1.19. The third kappa shape index (κ3) is 7.00. The first kappa shape index (κ1) is 25.2. The molecule has 7 nitrogen and oxygen atoms in total. The Hall–Kier alpha value is -2.47. The molecule has 0 bridgehead atoms. The van der Waals surface area contributed by atoms with Gasteiger partial charge in [0.2, 0.25) is 10.0 Å². The van der Waals surface area contributed by atoms with Gasteiger partial charge in [-0.3, -0.25) is 4.79 Å². The van der Waals surface area contributed by atoms with Crippen molar-refractivity contribution in [3.63, 3.8) is 0 Å². The highest BCUT2D eigenvalue weighted by molar-refractivity contribution is 7.89. The van der Waals surface area contributed by atoms with Gasteiger partial charge in [-0.05, 0) is 55.8 Å². The van der Waals surface area contributed by atoms with E-state index in [0.717, 1.165) is 0 Å². The Morgan fingerprint density at radius 3 is 2.18 bits per heavy atom. The van der Waals surface area contributed by atoms with Gasteiger partial charge in [0.15, 0.2) is 0 Å². The summed E-state index contributed by atoms with van der Waals surface area (Å²) in [6, 6.07) is 11.8. The number of carbonyl (C=O) groups is 1. The number of rotatable bonds is 7. The molecule has 1 N–H and O–H groups in total. The number of morpholine rings is 1. The number of anilines is 1. The van der Waals surface area contributed by atoms with E-state index in [1.54, 1.807) is 0 Å². The van der Waals surface area contributed by atoms with E-state index in [1.165, 1.54) is 52.8 Å². The normalized spacial score (nSPS) is 19.9. The van der Waals surface area contributed by atoms with Crippen LogP contribution in [0.15, 0.2) is 53.4 Å². The smallest absolute Gasteiger partial charge is 0.373 e. The SMILES string of the molecule is CC1CN(S(=O)(=O)c2ccc(NC(=O)c3ccc(COCC(F)(F)F)cc3)cc2)CC(C)O1. The molecule has 2 atom stereocenters. The predicted octanol–water partition coefficient (Wildman–Crippen LogP) is 3.82. The molecule has 3 rings (SSSR count). The number of benzene rings is 2. The fraction of sp³-hybridized carbons (Fsp3) is 0.409. The van der Waals surface area contributed by atoms with Gasteiger partial charge in [-0.15, -0.1) is 0 Å². The molecule has 1 aliphatic heterocycles. The van der Waals surface area contributed by atoms with Crippen molar-refractivity contribution in [1.82, 2.24) is 4.31 Å². The number of hydrogen-bond acceptors (Lipinski definition) is 5. The molecule has 1 fully saturated rings. The molecule has 1 aliphatic rings. The minimum Gasteiger partial charge on any atom is -0.373 e. The minimum absolute atomic E-state index is 0.116. The fourth-order valence-corrected chi connectivity index (χ4v) is 5.02. The summed E-state index contributed by atoms with van der Waals surface area (Å²) < 4.78 is 73.8. The molecule has 180 valence electrons. The van der Waals surface area contributed by atoms with Crippen LogP contribution in [0.3, 0.4) is 0 Å². The third-order valence-corrected chi connectivity index (χ3v) is 6.73. The first-order chi connectivity index (χ1) is 15.4. The summed E-state index contributed by atoms with van der Waals surface area (Å²) in [5, 5.41) is 2.67. The zero-order chi connectivity index (χ0) is 24.2. The summed E-state index contributed by atoms with van der Waals surface area (Å²) >= 11 is 0. The molecule has 1 heterocycles. The van der Waals surface area contributed by atoms with Crippen LogP contribution < -0.4 is 5.32 Å². The van der Waals surface area contributed by atoms with Crippen LogP contribution in [0.4, 0.5) is 18.9 Å². The molecule has 0 aromatic heterocycles. The van der Waals surface area contributed by atoms with E-state index in [0.29, 0.717) is 16.8 Å². The Balaban J connectivity index is 1.60. The van der Waals surface area contributed by atoms with Crippen LogP contribution in [0.25, 0.3) is 0 Å². The van der Waals surface area contributed by atoms with Gasteiger partial charge in [0.25, 0.3) is 5.91 Å². The van der Waals surface area contributed by atoms with Crippen molar-refractivity contribution in [3.8, 4) is 0 Å². The highest BCUT2D eigenvalue weighted by Gasteiger charge is 2.32. The number of ether oxygens (including phenoxy) is 2. The second-order valence-corrected chi connectivity index (χ2v) is 9.80. The molecule has 2 aromatic carbocycles. The third-order valence-electron chi connectivity index (χ3n) is 4.89. The van der Waals surface area contributed by atoms with Crippen molar-refractivity contribution in [1.29, 1.82) is 0 Å². The molecule has 1 saturated heterocycles. The van der Waals surface area contributed by atoms with Gasteiger partial charge in [0, 0.05) is 24.3 Å². The molecular formula is C22H25F3N2O5S. The van der Waals surface area contributed by atoms with E-state index >= 15 is 0 Å². The number of nitrogens with one attached hydrogen (secondary N) is 1. The highest BCUT2D eigenvalue weighted by Crippen LogP contribution is 2.23. The highest BCUT2D eigenvalue weighted by atomic mass is 32.2. The number of halogens is 3. The number of alkyl halides is 3. The summed E-state index contributed by atoms with van der Waals surface area (Å²) in [4.78, 5) is 12.6. The molecule has 11 heteroatoms. The van der Waals surface area contributed by atoms with E-state index < -0.39 is 28.7 Å². The standard InChI is InChI=1S/C22H25F3N2O5S/c1-15-11-27(12-16(2)32-15)33(29,30)20-9-7-19(8-10-20)26-21(28)18-5-3-17(4-6-18)13-31-14-22(23,24)25/h3-10,15-16H,11-14H2,1-2H3,(H,26,28). The second kappa shape index (κ2) is 10.2. The summed E-state index contributed by atoms with van der Waals surface area (Å²) in [5.74, 6) is -0.441. The summed E-state index contributed by atoms with van der Waals surface area (Å²) in [6.07, 6.45) is -4.80. The lowest BCUT2D eigenvalue weighted by Crippen LogP contribution is -2.48. The molecule has 0 spiro atoms. The van der Waals surface area contributed by atoms with Crippen molar-refractivity contribution in [2.75, 3.05) is 25.0 Å². The van der Waals surface area contributed by atoms with Crippen LogP contribution in [-0.2, 0) is 26.1 Å². The number of nitrogens with zero attached hydrogens (tertiary/aromatic N) is 1. The maximum Gasteiger partial charge on any atom is 0.411 e. The number of hydrogen-bond donors (Lipinski definition) is 1. The van der Waals surface area contributed by atoms with Crippen LogP contribution in [0.1, 0.15) is 29.8 Å². The summed E-state index contributed by atoms with van der Waals surface area (Å²) in [6.45, 7) is 2.60. The molecule has 2 unspecified atom stereocenters. The van der Waals surface area contributed by atoms with Crippen LogP contribution in [0, 0.1) is 0 Å². The van der Waals surface area contributed by atoms with Gasteiger partial charge < -0.3 is 14.8 Å². The van der Waals surface area contributed by atoms with Gasteiger partial charge in [-0.1, -0.05) is 12.1 Å². The second-order valence-electron chi connectivity index (χ2n) is 7.86. The monoisotopic (exact) mass is 486 g/mol. The fourth-order valence-electron chi connectivity index (χ4n) is 3.43. The van der Waals surface area contributed by atoms with Crippen molar-refractivity contribution >= 4 is 21.6 Å². The van der Waals surface area contributed by atoms with E-state index in [-0.39, 0.29) is 36.8 Å². The average molecular weight is 487 g/mol. The van der Waals surface area contributed by atoms with Crippen LogP contribution >= 0.6 is 0 Å². The topological polar surface area (TPSA) is 84.9 Å². The lowest BCUT2D eigenvalue weighted by Gasteiger charge is -2.34. The Morgan fingerprint density at radius 2 is 1.64 bits per heavy atom. The number of sulfonamides is 1. The molecule has 1 amide bonds. The minimum atomic E-state index is -4.40. The molecular weight excluding hydrogens is 461 g/mol. The number of amides is 1. The van der Waals surface area contributed by atoms with Crippen molar-refractivity contribution in [2.45, 2.75) is 43.7 Å². The molecule has 0 saturated carbocycles. The van der Waals surface area contributed by atoms with Gasteiger partial charge in [0.05, 0.1) is 23.7 Å². The van der Waals surface area contributed by atoms with Crippen LogP contribution in [-0.4, -0.2) is 56.7 Å². The Morgan fingerprint density at radius 1 is 1.06 bits per heavy atom. The first-order valence-electron chi connectivity index (χ1n) is 10.2. The zero-order valence-corrected chi connectivity index (χ0v) is 18.9. The molecule has 0 radical (unpaired) electrons. The van der Waals surface area contributed by atoms with E-state index in [2.05, 4.69) is 10.1 Å². The first-order valence-corrected chi connectivity index (χ1v) is 11.7. The van der Waals surface area contributed by atoms with Gasteiger partial charge >= 0.3 is 6.18 Å². The van der Waals surface area contributed by atoms with E-state index in [1.807, 2.05) is 13.8 Å². The van der Waals surface area contributed by atoms with Crippen LogP contribution in [0.5, 0.6) is 0 Å². The van der Waals surface area contributed by atoms with Crippen LogP contribution in [0.2, 0.25) is 0 Å².